The maximum absolute atomic E-state index is 11.7. The Morgan fingerprint density at radius 1 is 0.944 bits per heavy atom. The highest BCUT2D eigenvalue weighted by molar-refractivity contribution is 6.02. The number of carboxylic acids is 1. The number of nitrogens with one attached hydrogen (secondary N) is 2. The van der Waals surface area contributed by atoms with Crippen molar-refractivity contribution in [3.63, 3.8) is 0 Å². The van der Waals surface area contributed by atoms with Crippen LogP contribution in [0.1, 0.15) is 34.6 Å². The summed E-state index contributed by atoms with van der Waals surface area (Å²) in [5.41, 5.74) is 0.0515. The zero-order valence-corrected chi connectivity index (χ0v) is 11.3. The fourth-order valence-corrected chi connectivity index (χ4v) is 1.11. The molecule has 0 aromatic rings. The van der Waals surface area contributed by atoms with Gasteiger partial charge in [-0.25, -0.2) is 4.79 Å². The van der Waals surface area contributed by atoms with Gasteiger partial charge in [-0.15, -0.1) is 0 Å². The Bertz CT molecular complexity index is 386. The van der Waals surface area contributed by atoms with E-state index >= 15 is 0 Å². The summed E-state index contributed by atoms with van der Waals surface area (Å²) >= 11 is 0. The van der Waals surface area contributed by atoms with Crippen molar-refractivity contribution in [2.45, 2.75) is 46.7 Å². The molecule has 0 saturated heterocycles. The molecule has 0 saturated carbocycles. The lowest BCUT2D eigenvalue weighted by atomic mass is 10.1. The first-order valence-corrected chi connectivity index (χ1v) is 5.68. The summed E-state index contributed by atoms with van der Waals surface area (Å²) in [6.07, 6.45) is 0. The molecule has 0 aliphatic carbocycles. The molecule has 102 valence electrons. The molecule has 0 aliphatic rings. The van der Waals surface area contributed by atoms with Gasteiger partial charge in [0.2, 0.25) is 11.8 Å². The second kappa shape index (κ2) is 6.78. The third kappa shape index (κ3) is 4.99. The molecule has 0 bridgehead atoms. The van der Waals surface area contributed by atoms with Crippen molar-refractivity contribution in [3.8, 4) is 0 Å². The number of carbonyl (C=O) groups excluding carboxylic acids is 2. The first-order valence-electron chi connectivity index (χ1n) is 5.68. The van der Waals surface area contributed by atoms with E-state index in [4.69, 9.17) is 5.11 Å². The minimum atomic E-state index is -1.15. The molecule has 1 unspecified atom stereocenters. The molecule has 6 heteroatoms. The Morgan fingerprint density at radius 3 is 1.83 bits per heavy atom. The average molecular weight is 256 g/mol. The van der Waals surface area contributed by atoms with Crippen molar-refractivity contribution in [3.05, 3.63) is 11.1 Å². The summed E-state index contributed by atoms with van der Waals surface area (Å²) in [4.78, 5) is 33.9. The molecule has 0 radical (unpaired) electrons. The first kappa shape index (κ1) is 16.1. The lowest BCUT2D eigenvalue weighted by molar-refractivity contribution is -0.133. The molecular weight excluding hydrogens is 236 g/mol. The SMILES string of the molecule is CC(C(=O)O)=C(C)C(=O)NC(C)C(=O)NC(C)C. The Labute approximate surface area is 106 Å². The van der Waals surface area contributed by atoms with Crippen molar-refractivity contribution in [1.29, 1.82) is 0 Å². The number of aliphatic carboxylic acids is 1. The largest absolute Gasteiger partial charge is 0.478 e. The lowest BCUT2D eigenvalue weighted by Gasteiger charge is -2.16. The molecule has 0 heterocycles. The predicted molar refractivity (Wildman–Crippen MR) is 66.9 cm³/mol. The highest BCUT2D eigenvalue weighted by Gasteiger charge is 2.19. The smallest absolute Gasteiger partial charge is 0.331 e. The molecule has 0 fully saturated rings. The Balaban J connectivity index is 4.63. The molecule has 1 atom stereocenters. The van der Waals surface area contributed by atoms with Gasteiger partial charge in [0.25, 0.3) is 0 Å². The van der Waals surface area contributed by atoms with E-state index in [-0.39, 0.29) is 23.1 Å². The molecule has 0 aromatic carbocycles. The van der Waals surface area contributed by atoms with E-state index in [1.807, 2.05) is 13.8 Å². The summed E-state index contributed by atoms with van der Waals surface area (Å²) in [6, 6.07) is -0.731. The fraction of sp³-hybridized carbons (Fsp3) is 0.583. The first-order chi connectivity index (χ1) is 8.16. The summed E-state index contributed by atoms with van der Waals surface area (Å²) in [5, 5.41) is 13.8. The van der Waals surface area contributed by atoms with Gasteiger partial charge < -0.3 is 15.7 Å². The van der Waals surface area contributed by atoms with Crippen LogP contribution in [-0.2, 0) is 14.4 Å². The number of rotatable bonds is 5. The van der Waals surface area contributed by atoms with Gasteiger partial charge in [-0.2, -0.15) is 0 Å². The van der Waals surface area contributed by atoms with Crippen molar-refractivity contribution >= 4 is 17.8 Å². The molecule has 3 N–H and O–H groups in total. The second-order valence-corrected chi connectivity index (χ2v) is 4.41. The number of amides is 2. The van der Waals surface area contributed by atoms with E-state index in [9.17, 15) is 14.4 Å². The second-order valence-electron chi connectivity index (χ2n) is 4.41. The zero-order chi connectivity index (χ0) is 14.5. The molecule has 18 heavy (non-hydrogen) atoms. The number of hydrogen-bond donors (Lipinski definition) is 3. The molecule has 0 spiro atoms. The number of carbonyl (C=O) groups is 3. The number of carboxylic acid groups (broad SMARTS) is 1. The van der Waals surface area contributed by atoms with E-state index in [2.05, 4.69) is 10.6 Å². The van der Waals surface area contributed by atoms with Crippen LogP contribution in [-0.4, -0.2) is 35.0 Å². The van der Waals surface area contributed by atoms with Gasteiger partial charge in [0.1, 0.15) is 6.04 Å². The normalized spacial score (nSPS) is 13.7. The van der Waals surface area contributed by atoms with Crippen LogP contribution in [0.3, 0.4) is 0 Å². The standard InChI is InChI=1S/C12H20N2O4/c1-6(2)13-11(16)9(5)14-10(15)7(3)8(4)12(17)18/h6,9H,1-5H3,(H,13,16)(H,14,15)(H,17,18). The highest BCUT2D eigenvalue weighted by atomic mass is 16.4. The van der Waals surface area contributed by atoms with E-state index in [1.54, 1.807) is 6.92 Å². The number of hydrogen-bond acceptors (Lipinski definition) is 3. The molecule has 6 nitrogen and oxygen atoms in total. The van der Waals surface area contributed by atoms with Crippen LogP contribution in [0.4, 0.5) is 0 Å². The minimum absolute atomic E-state index is 0.0192. The topological polar surface area (TPSA) is 95.5 Å². The van der Waals surface area contributed by atoms with Gasteiger partial charge >= 0.3 is 5.97 Å². The van der Waals surface area contributed by atoms with E-state index in [1.165, 1.54) is 13.8 Å². The van der Waals surface area contributed by atoms with Gasteiger partial charge in [-0.3, -0.25) is 9.59 Å². The maximum atomic E-state index is 11.7. The van der Waals surface area contributed by atoms with Crippen LogP contribution in [0, 0.1) is 0 Å². The molecule has 2 amide bonds. The minimum Gasteiger partial charge on any atom is -0.478 e. The monoisotopic (exact) mass is 256 g/mol. The Kier molecular flexibility index (Phi) is 6.08. The van der Waals surface area contributed by atoms with E-state index in [0.717, 1.165) is 0 Å². The van der Waals surface area contributed by atoms with Crippen LogP contribution < -0.4 is 10.6 Å². The van der Waals surface area contributed by atoms with Crippen LogP contribution in [0.5, 0.6) is 0 Å². The summed E-state index contributed by atoms with van der Waals surface area (Å²) in [7, 11) is 0. The molecule has 0 rings (SSSR count). The molecular formula is C12H20N2O4. The van der Waals surface area contributed by atoms with Gasteiger partial charge in [-0.05, 0) is 34.6 Å². The van der Waals surface area contributed by atoms with Gasteiger partial charge in [-0.1, -0.05) is 0 Å². The van der Waals surface area contributed by atoms with Crippen LogP contribution in [0.15, 0.2) is 11.1 Å². The van der Waals surface area contributed by atoms with E-state index < -0.39 is 17.9 Å². The van der Waals surface area contributed by atoms with Gasteiger partial charge in [0.05, 0.1) is 0 Å². The predicted octanol–water partition coefficient (Wildman–Crippen LogP) is 0.437. The third-order valence-electron chi connectivity index (χ3n) is 2.40. The Hall–Kier alpha value is -1.85. The van der Waals surface area contributed by atoms with Crippen molar-refractivity contribution in [2.75, 3.05) is 0 Å². The molecule has 0 aromatic heterocycles. The van der Waals surface area contributed by atoms with Crippen LogP contribution >= 0.6 is 0 Å². The Morgan fingerprint density at radius 2 is 1.44 bits per heavy atom. The van der Waals surface area contributed by atoms with Crippen molar-refractivity contribution < 1.29 is 19.5 Å². The maximum Gasteiger partial charge on any atom is 0.331 e. The molecule has 0 aliphatic heterocycles. The van der Waals surface area contributed by atoms with E-state index in [0.29, 0.717) is 0 Å². The lowest BCUT2D eigenvalue weighted by Crippen LogP contribution is -2.47. The summed E-state index contributed by atoms with van der Waals surface area (Å²) < 4.78 is 0. The van der Waals surface area contributed by atoms with Crippen molar-refractivity contribution in [2.24, 2.45) is 0 Å². The van der Waals surface area contributed by atoms with Crippen LogP contribution in [0.25, 0.3) is 0 Å². The van der Waals surface area contributed by atoms with Crippen molar-refractivity contribution in [1.82, 2.24) is 10.6 Å². The summed E-state index contributed by atoms with van der Waals surface area (Å²) in [5.74, 6) is -2.01. The van der Waals surface area contributed by atoms with Gasteiger partial charge in [0, 0.05) is 17.2 Å². The fourth-order valence-electron chi connectivity index (χ4n) is 1.11. The zero-order valence-electron chi connectivity index (χ0n) is 11.3. The van der Waals surface area contributed by atoms with Crippen LogP contribution in [0.2, 0.25) is 0 Å². The quantitative estimate of drug-likeness (QED) is 0.622. The average Bonchev–Trinajstić information content (AvgIpc) is 2.25. The summed E-state index contributed by atoms with van der Waals surface area (Å²) in [6.45, 7) is 7.92. The third-order valence-corrected chi connectivity index (χ3v) is 2.40. The van der Waals surface area contributed by atoms with Gasteiger partial charge in [0.15, 0.2) is 0 Å². The highest BCUT2D eigenvalue weighted by Crippen LogP contribution is 2.04.